The first-order valence-corrected chi connectivity index (χ1v) is 6.39. The van der Waals surface area contributed by atoms with E-state index in [-0.39, 0.29) is 0 Å². The zero-order chi connectivity index (χ0) is 12.1. The van der Waals surface area contributed by atoms with Gasteiger partial charge in [0.25, 0.3) is 0 Å². The number of hydrogen-bond acceptors (Lipinski definition) is 3. The maximum Gasteiger partial charge on any atom is 0.0914 e. The van der Waals surface area contributed by atoms with Crippen LogP contribution in [0, 0.1) is 0 Å². The predicted octanol–water partition coefficient (Wildman–Crippen LogP) is 2.14. The Bertz CT molecular complexity index is 336. The van der Waals surface area contributed by atoms with Gasteiger partial charge in [-0.25, -0.2) is 0 Å². The molecule has 0 aromatic heterocycles. The SMILES string of the molecule is OC(CNCC1CCCO1)c1ccc(Cl)cc1. The quantitative estimate of drug-likeness (QED) is 0.847. The average Bonchev–Trinajstić information content (AvgIpc) is 2.83. The monoisotopic (exact) mass is 255 g/mol. The van der Waals surface area contributed by atoms with Gasteiger partial charge in [0.2, 0.25) is 0 Å². The summed E-state index contributed by atoms with van der Waals surface area (Å²) in [7, 11) is 0. The van der Waals surface area contributed by atoms with E-state index in [2.05, 4.69) is 5.32 Å². The molecule has 0 spiro atoms. The first-order chi connectivity index (χ1) is 8.25. The van der Waals surface area contributed by atoms with Crippen molar-refractivity contribution >= 4 is 11.6 Å². The molecule has 2 atom stereocenters. The van der Waals surface area contributed by atoms with Crippen molar-refractivity contribution in [1.29, 1.82) is 0 Å². The number of benzene rings is 1. The van der Waals surface area contributed by atoms with Crippen LogP contribution in [0.4, 0.5) is 0 Å². The Morgan fingerprint density at radius 3 is 2.82 bits per heavy atom. The molecule has 1 heterocycles. The molecule has 4 heteroatoms. The van der Waals surface area contributed by atoms with Crippen molar-refractivity contribution in [3.8, 4) is 0 Å². The largest absolute Gasteiger partial charge is 0.387 e. The minimum absolute atomic E-state index is 0.312. The van der Waals surface area contributed by atoms with E-state index in [1.54, 1.807) is 12.1 Å². The highest BCUT2D eigenvalue weighted by molar-refractivity contribution is 6.30. The van der Waals surface area contributed by atoms with E-state index in [1.165, 1.54) is 0 Å². The van der Waals surface area contributed by atoms with Crippen LogP contribution in [0.25, 0.3) is 0 Å². The number of rotatable bonds is 5. The molecule has 1 aromatic rings. The van der Waals surface area contributed by atoms with Gasteiger partial charge in [0.05, 0.1) is 12.2 Å². The molecule has 1 saturated heterocycles. The molecule has 2 rings (SSSR count). The summed E-state index contributed by atoms with van der Waals surface area (Å²) in [4.78, 5) is 0. The minimum Gasteiger partial charge on any atom is -0.387 e. The fourth-order valence-corrected chi connectivity index (χ4v) is 2.12. The van der Waals surface area contributed by atoms with E-state index in [4.69, 9.17) is 16.3 Å². The molecule has 1 fully saturated rings. The van der Waals surface area contributed by atoms with Crippen molar-refractivity contribution in [2.75, 3.05) is 19.7 Å². The van der Waals surface area contributed by atoms with Crippen molar-refractivity contribution in [2.24, 2.45) is 0 Å². The molecule has 0 saturated carbocycles. The van der Waals surface area contributed by atoms with E-state index >= 15 is 0 Å². The molecular weight excluding hydrogens is 238 g/mol. The van der Waals surface area contributed by atoms with Crippen LogP contribution in [0.15, 0.2) is 24.3 Å². The summed E-state index contributed by atoms with van der Waals surface area (Å²) in [6.45, 7) is 2.22. The minimum atomic E-state index is -0.492. The molecule has 0 aliphatic carbocycles. The first kappa shape index (κ1) is 12.8. The molecule has 1 aromatic carbocycles. The molecule has 1 aliphatic rings. The Balaban J connectivity index is 1.72. The normalized spacial score (nSPS) is 21.6. The number of ether oxygens (including phenoxy) is 1. The molecule has 17 heavy (non-hydrogen) atoms. The Morgan fingerprint density at radius 2 is 2.18 bits per heavy atom. The van der Waals surface area contributed by atoms with Crippen LogP contribution in [-0.2, 0) is 4.74 Å². The van der Waals surface area contributed by atoms with Gasteiger partial charge in [0.15, 0.2) is 0 Å². The van der Waals surface area contributed by atoms with Gasteiger partial charge < -0.3 is 15.2 Å². The predicted molar refractivity (Wildman–Crippen MR) is 68.3 cm³/mol. The summed E-state index contributed by atoms with van der Waals surface area (Å²) in [6, 6.07) is 7.28. The highest BCUT2D eigenvalue weighted by Gasteiger charge is 2.15. The van der Waals surface area contributed by atoms with Crippen LogP contribution >= 0.6 is 11.6 Å². The lowest BCUT2D eigenvalue weighted by molar-refractivity contribution is 0.103. The third-order valence-electron chi connectivity index (χ3n) is 2.99. The van der Waals surface area contributed by atoms with Crippen LogP contribution in [0.1, 0.15) is 24.5 Å². The van der Waals surface area contributed by atoms with Crippen molar-refractivity contribution in [2.45, 2.75) is 25.0 Å². The summed E-state index contributed by atoms with van der Waals surface area (Å²) in [5.41, 5.74) is 0.884. The highest BCUT2D eigenvalue weighted by Crippen LogP contribution is 2.16. The van der Waals surface area contributed by atoms with Gasteiger partial charge in [-0.1, -0.05) is 23.7 Å². The number of nitrogens with one attached hydrogen (secondary N) is 1. The second-order valence-electron chi connectivity index (χ2n) is 4.36. The number of halogens is 1. The van der Waals surface area contributed by atoms with Crippen molar-refractivity contribution in [1.82, 2.24) is 5.32 Å². The Hall–Kier alpha value is -0.610. The summed E-state index contributed by atoms with van der Waals surface area (Å²) in [5, 5.41) is 13.9. The third kappa shape index (κ3) is 3.96. The Labute approximate surface area is 107 Å². The first-order valence-electron chi connectivity index (χ1n) is 6.01. The lowest BCUT2D eigenvalue weighted by Crippen LogP contribution is -2.29. The van der Waals surface area contributed by atoms with Crippen molar-refractivity contribution in [3.63, 3.8) is 0 Å². The third-order valence-corrected chi connectivity index (χ3v) is 3.24. The van der Waals surface area contributed by atoms with Gasteiger partial charge in [-0.3, -0.25) is 0 Å². The van der Waals surface area contributed by atoms with Crippen LogP contribution in [-0.4, -0.2) is 30.9 Å². The zero-order valence-corrected chi connectivity index (χ0v) is 10.5. The fourth-order valence-electron chi connectivity index (χ4n) is 1.99. The summed E-state index contributed by atoms with van der Waals surface area (Å²) in [6.07, 6.45) is 2.08. The zero-order valence-electron chi connectivity index (χ0n) is 9.73. The summed E-state index contributed by atoms with van der Waals surface area (Å²) in [5.74, 6) is 0. The van der Waals surface area contributed by atoms with Crippen LogP contribution in [0.2, 0.25) is 5.02 Å². The van der Waals surface area contributed by atoms with E-state index in [0.717, 1.165) is 31.6 Å². The van der Waals surface area contributed by atoms with E-state index in [0.29, 0.717) is 17.7 Å². The van der Waals surface area contributed by atoms with Crippen LogP contribution in [0.5, 0.6) is 0 Å². The van der Waals surface area contributed by atoms with Gasteiger partial charge >= 0.3 is 0 Å². The maximum atomic E-state index is 9.94. The molecule has 1 aliphatic heterocycles. The van der Waals surface area contributed by atoms with Crippen LogP contribution < -0.4 is 5.32 Å². The molecule has 0 amide bonds. The fraction of sp³-hybridized carbons (Fsp3) is 0.538. The Morgan fingerprint density at radius 1 is 1.41 bits per heavy atom. The van der Waals surface area contributed by atoms with Gasteiger partial charge in [-0.2, -0.15) is 0 Å². The van der Waals surface area contributed by atoms with Gasteiger partial charge in [0.1, 0.15) is 0 Å². The molecule has 0 radical (unpaired) electrons. The molecule has 2 N–H and O–H groups in total. The second-order valence-corrected chi connectivity index (χ2v) is 4.80. The molecule has 3 nitrogen and oxygen atoms in total. The van der Waals surface area contributed by atoms with Gasteiger partial charge in [0, 0.05) is 24.7 Å². The Kier molecular flexibility index (Phi) is 4.80. The molecule has 94 valence electrons. The highest BCUT2D eigenvalue weighted by atomic mass is 35.5. The molecule has 2 unspecified atom stereocenters. The van der Waals surface area contributed by atoms with Crippen molar-refractivity contribution in [3.05, 3.63) is 34.9 Å². The lowest BCUT2D eigenvalue weighted by Gasteiger charge is -2.14. The second kappa shape index (κ2) is 6.36. The standard InChI is InChI=1S/C13H18ClNO2/c14-11-5-3-10(4-6-11)13(16)9-15-8-12-2-1-7-17-12/h3-6,12-13,15-16H,1-2,7-9H2. The summed E-state index contributed by atoms with van der Waals surface area (Å²) >= 11 is 5.79. The summed E-state index contributed by atoms with van der Waals surface area (Å²) < 4.78 is 5.49. The maximum absolute atomic E-state index is 9.94. The van der Waals surface area contributed by atoms with Gasteiger partial charge in [-0.05, 0) is 30.5 Å². The average molecular weight is 256 g/mol. The smallest absolute Gasteiger partial charge is 0.0914 e. The number of aliphatic hydroxyl groups is 1. The lowest BCUT2D eigenvalue weighted by atomic mass is 10.1. The number of aliphatic hydroxyl groups excluding tert-OH is 1. The van der Waals surface area contributed by atoms with Crippen LogP contribution in [0.3, 0.4) is 0 Å². The molecular formula is C13H18ClNO2. The molecule has 0 bridgehead atoms. The van der Waals surface area contributed by atoms with E-state index in [9.17, 15) is 5.11 Å². The van der Waals surface area contributed by atoms with Gasteiger partial charge in [-0.15, -0.1) is 0 Å². The topological polar surface area (TPSA) is 41.5 Å². The van der Waals surface area contributed by atoms with E-state index in [1.807, 2.05) is 12.1 Å². The van der Waals surface area contributed by atoms with Crippen molar-refractivity contribution < 1.29 is 9.84 Å². The van der Waals surface area contributed by atoms with E-state index < -0.39 is 6.10 Å². The number of hydrogen-bond donors (Lipinski definition) is 2.